The van der Waals surface area contributed by atoms with Crippen molar-refractivity contribution in [3.8, 4) is 0 Å². The molecule has 0 heterocycles. The maximum atomic E-state index is 12.0. The van der Waals surface area contributed by atoms with Crippen LogP contribution in [-0.4, -0.2) is 12.3 Å². The van der Waals surface area contributed by atoms with Crippen molar-refractivity contribution in [3.05, 3.63) is 0 Å². The molecule has 0 aliphatic rings. The van der Waals surface area contributed by atoms with Gasteiger partial charge in [-0.2, -0.15) is 0 Å². The monoisotopic (exact) mass is 216 g/mol. The van der Waals surface area contributed by atoms with Gasteiger partial charge in [0.15, 0.2) is 0 Å². The largest absolute Gasteiger partial charge is 0.245 e. The smallest absolute Gasteiger partial charge is 0.210 e. The lowest BCUT2D eigenvalue weighted by molar-refractivity contribution is 0.000977. The zero-order chi connectivity index (χ0) is 11.9. The van der Waals surface area contributed by atoms with Crippen LogP contribution in [0.5, 0.6) is 0 Å². The summed E-state index contributed by atoms with van der Waals surface area (Å²) in [6.07, 6.45) is -2.16. The number of alkyl halides is 4. The first-order valence-corrected chi connectivity index (χ1v) is 4.72. The molecule has 0 nitrogen and oxygen atoms in total. The summed E-state index contributed by atoms with van der Waals surface area (Å²) in [4.78, 5) is 0. The molecule has 0 aromatic carbocycles. The van der Waals surface area contributed by atoms with Crippen LogP contribution in [0.1, 0.15) is 41.0 Å². The summed E-state index contributed by atoms with van der Waals surface area (Å²) >= 11 is 0. The van der Waals surface area contributed by atoms with Gasteiger partial charge in [-0.25, -0.2) is 17.6 Å². The molecule has 4 heteroatoms. The molecule has 0 fully saturated rings. The van der Waals surface area contributed by atoms with Gasteiger partial charge in [0.1, 0.15) is 0 Å². The second-order valence-electron chi connectivity index (χ2n) is 4.25. The Morgan fingerprint density at radius 3 is 1.29 bits per heavy atom. The molecule has 0 atom stereocenters. The molecule has 0 radical (unpaired) electrons. The van der Waals surface area contributed by atoms with Gasteiger partial charge >= 0.3 is 0 Å². The molecule has 0 spiro atoms. The van der Waals surface area contributed by atoms with Crippen LogP contribution < -0.4 is 0 Å². The van der Waals surface area contributed by atoms with Crippen molar-refractivity contribution < 1.29 is 17.6 Å². The Morgan fingerprint density at radius 1 is 1.00 bits per heavy atom. The fraction of sp³-hybridized carbons (Fsp3) is 1.00. The van der Waals surface area contributed by atoms with Gasteiger partial charge in [0.25, 0.3) is 0 Å². The lowest BCUT2D eigenvalue weighted by Crippen LogP contribution is -2.12. The van der Waals surface area contributed by atoms with Gasteiger partial charge in [0.05, 0.1) is 0 Å². The summed E-state index contributed by atoms with van der Waals surface area (Å²) in [5, 5.41) is 0. The molecule has 0 aliphatic carbocycles. The molecule has 88 valence electrons. The Labute approximate surface area is 83.7 Å². The van der Waals surface area contributed by atoms with Gasteiger partial charge in [-0.3, -0.25) is 0 Å². The maximum Gasteiger partial charge on any atom is 0.245 e. The Balaban J connectivity index is 0. The number of halogens is 4. The SMILES string of the molecule is CC(C)C(F)F.CC(C)CC(C)(F)F. The third kappa shape index (κ3) is 17.7. The molecule has 0 rings (SSSR count). The Bertz CT molecular complexity index is 119. The molecule has 0 N–H and O–H groups in total. The van der Waals surface area contributed by atoms with E-state index < -0.39 is 18.3 Å². The van der Waals surface area contributed by atoms with Crippen LogP contribution in [0.2, 0.25) is 0 Å². The summed E-state index contributed by atoms with van der Waals surface area (Å²) in [5.41, 5.74) is 0. The third-order valence-corrected chi connectivity index (χ3v) is 1.27. The van der Waals surface area contributed by atoms with E-state index >= 15 is 0 Å². The molecule has 14 heavy (non-hydrogen) atoms. The predicted octanol–water partition coefficient (Wildman–Crippen LogP) is 4.60. The topological polar surface area (TPSA) is 0 Å². The van der Waals surface area contributed by atoms with Gasteiger partial charge in [-0.1, -0.05) is 27.7 Å². The molecule has 0 amide bonds. The molecule has 0 bridgehead atoms. The molecular weight excluding hydrogens is 196 g/mol. The molecule has 0 aromatic heterocycles. The van der Waals surface area contributed by atoms with Crippen LogP contribution in [0.25, 0.3) is 0 Å². The van der Waals surface area contributed by atoms with Crippen molar-refractivity contribution in [3.63, 3.8) is 0 Å². The molecule has 0 aromatic rings. The van der Waals surface area contributed by atoms with E-state index in [2.05, 4.69) is 0 Å². The van der Waals surface area contributed by atoms with Gasteiger partial charge in [0.2, 0.25) is 12.3 Å². The molecule has 0 unspecified atom stereocenters. The van der Waals surface area contributed by atoms with E-state index in [4.69, 9.17) is 0 Å². The zero-order valence-corrected chi connectivity index (χ0v) is 9.45. The minimum Gasteiger partial charge on any atom is -0.210 e. The van der Waals surface area contributed by atoms with Crippen molar-refractivity contribution >= 4 is 0 Å². The Kier molecular flexibility index (Phi) is 8.16. The van der Waals surface area contributed by atoms with Crippen LogP contribution in [-0.2, 0) is 0 Å². The average molecular weight is 216 g/mol. The minimum atomic E-state index is -2.48. The van der Waals surface area contributed by atoms with E-state index in [-0.39, 0.29) is 12.3 Å². The summed E-state index contributed by atoms with van der Waals surface area (Å²) in [6, 6.07) is 0. The first-order valence-electron chi connectivity index (χ1n) is 4.72. The van der Waals surface area contributed by atoms with E-state index in [1.807, 2.05) is 0 Å². The van der Waals surface area contributed by atoms with Crippen LogP contribution in [0.4, 0.5) is 17.6 Å². The van der Waals surface area contributed by atoms with Crippen LogP contribution in [0.15, 0.2) is 0 Å². The molecule has 0 aliphatic heterocycles. The standard InChI is InChI=1S/C6H12F2.C4H8F2/c1-5(2)4-6(3,7)8;1-3(2)4(5)6/h5H,4H2,1-3H3;3-4H,1-2H3. The summed E-state index contributed by atoms with van der Waals surface area (Å²) < 4.78 is 46.3. The minimum absolute atomic E-state index is 0.00694. The van der Waals surface area contributed by atoms with Gasteiger partial charge in [-0.05, 0) is 12.8 Å². The normalized spacial score (nSPS) is 12.0. The number of hydrogen-bond donors (Lipinski definition) is 0. The number of rotatable bonds is 3. The van der Waals surface area contributed by atoms with Crippen molar-refractivity contribution in [2.45, 2.75) is 53.4 Å². The Hall–Kier alpha value is -0.280. The number of hydrogen-bond acceptors (Lipinski definition) is 0. The first-order chi connectivity index (χ1) is 6.06. The maximum absolute atomic E-state index is 12.0. The van der Waals surface area contributed by atoms with E-state index in [9.17, 15) is 17.6 Å². The highest BCUT2D eigenvalue weighted by atomic mass is 19.3. The van der Waals surface area contributed by atoms with E-state index in [0.717, 1.165) is 6.92 Å². The molecular formula is C10H20F4. The van der Waals surface area contributed by atoms with E-state index in [1.165, 1.54) is 13.8 Å². The quantitative estimate of drug-likeness (QED) is 0.605. The van der Waals surface area contributed by atoms with Gasteiger partial charge < -0.3 is 0 Å². The molecule has 0 saturated heterocycles. The third-order valence-electron chi connectivity index (χ3n) is 1.27. The van der Waals surface area contributed by atoms with Crippen molar-refractivity contribution in [2.75, 3.05) is 0 Å². The predicted molar refractivity (Wildman–Crippen MR) is 50.9 cm³/mol. The molecule has 0 saturated carbocycles. The summed E-state index contributed by atoms with van der Waals surface area (Å²) in [6.45, 7) is 7.51. The van der Waals surface area contributed by atoms with Crippen molar-refractivity contribution in [1.82, 2.24) is 0 Å². The van der Waals surface area contributed by atoms with Crippen molar-refractivity contribution in [2.24, 2.45) is 11.8 Å². The van der Waals surface area contributed by atoms with Crippen molar-refractivity contribution in [1.29, 1.82) is 0 Å². The zero-order valence-electron chi connectivity index (χ0n) is 9.45. The second-order valence-corrected chi connectivity index (χ2v) is 4.25. The summed E-state index contributed by atoms with van der Waals surface area (Å²) in [5.74, 6) is -2.87. The lowest BCUT2D eigenvalue weighted by Gasteiger charge is -2.11. The van der Waals surface area contributed by atoms with Crippen LogP contribution in [0, 0.1) is 11.8 Å². The summed E-state index contributed by atoms with van der Waals surface area (Å²) in [7, 11) is 0. The highest BCUT2D eigenvalue weighted by molar-refractivity contribution is 4.59. The highest BCUT2D eigenvalue weighted by Crippen LogP contribution is 2.21. The lowest BCUT2D eigenvalue weighted by atomic mass is 10.1. The van der Waals surface area contributed by atoms with Crippen LogP contribution >= 0.6 is 0 Å². The van der Waals surface area contributed by atoms with E-state index in [1.54, 1.807) is 13.8 Å². The van der Waals surface area contributed by atoms with E-state index in [0.29, 0.717) is 0 Å². The van der Waals surface area contributed by atoms with Gasteiger partial charge in [-0.15, -0.1) is 0 Å². The first kappa shape index (κ1) is 16.2. The van der Waals surface area contributed by atoms with Gasteiger partial charge in [0, 0.05) is 12.3 Å². The fourth-order valence-electron chi connectivity index (χ4n) is 0.717. The highest BCUT2D eigenvalue weighted by Gasteiger charge is 2.21. The Morgan fingerprint density at radius 2 is 1.29 bits per heavy atom. The second kappa shape index (κ2) is 7.07. The fourth-order valence-corrected chi connectivity index (χ4v) is 0.717. The average Bonchev–Trinajstić information content (AvgIpc) is 1.81. The van der Waals surface area contributed by atoms with Crippen LogP contribution in [0.3, 0.4) is 0 Å².